The summed E-state index contributed by atoms with van der Waals surface area (Å²) in [5.41, 5.74) is 0.00516. The van der Waals surface area contributed by atoms with Crippen LogP contribution in [0.5, 0.6) is 5.75 Å². The zero-order chi connectivity index (χ0) is 27.5. The number of nitrogens with one attached hydrogen (secondary N) is 2. The van der Waals surface area contributed by atoms with Crippen LogP contribution >= 0.6 is 0 Å². The molecule has 1 heterocycles. The first-order chi connectivity index (χ1) is 18.0. The van der Waals surface area contributed by atoms with E-state index in [4.69, 9.17) is 4.74 Å². The number of nitrogens with zero attached hydrogens (tertiary/aromatic N) is 2. The number of ether oxygens (including phenoxy) is 1. The first-order valence-electron chi connectivity index (χ1n) is 12.0. The van der Waals surface area contributed by atoms with Crippen LogP contribution in [-0.4, -0.2) is 73.7 Å². The van der Waals surface area contributed by atoms with Gasteiger partial charge >= 0.3 is 12.1 Å². The highest BCUT2D eigenvalue weighted by Gasteiger charge is 2.48. The maximum atomic E-state index is 14.1. The van der Waals surface area contributed by atoms with Gasteiger partial charge in [0, 0.05) is 44.1 Å². The Kier molecular flexibility index (Phi) is 7.97. The lowest BCUT2D eigenvalue weighted by molar-refractivity contribution is -0.231. The predicted octanol–water partition coefficient (Wildman–Crippen LogP) is 2.84. The molecule has 2 aromatic carbocycles. The van der Waals surface area contributed by atoms with Crippen LogP contribution in [0.1, 0.15) is 28.8 Å². The van der Waals surface area contributed by atoms with Gasteiger partial charge in [-0.25, -0.2) is 9.18 Å². The number of alkyl halides is 3. The second kappa shape index (κ2) is 11.0. The summed E-state index contributed by atoms with van der Waals surface area (Å²) < 4.78 is 57.9. The van der Waals surface area contributed by atoms with Crippen LogP contribution in [0, 0.1) is 5.82 Å². The molecule has 1 amide bonds. The number of methoxy groups -OCH3 is 1. The summed E-state index contributed by atoms with van der Waals surface area (Å²) in [4.78, 5) is 31.5. The summed E-state index contributed by atoms with van der Waals surface area (Å²) in [6.07, 6.45) is -4.82. The van der Waals surface area contributed by atoms with E-state index in [9.17, 15) is 32.3 Å². The van der Waals surface area contributed by atoms with Crippen LogP contribution in [-0.2, 0) is 16.2 Å². The summed E-state index contributed by atoms with van der Waals surface area (Å²) in [7, 11) is 1.35. The zero-order valence-corrected chi connectivity index (χ0v) is 20.6. The number of hydrogen-bond donors (Lipinski definition) is 3. The summed E-state index contributed by atoms with van der Waals surface area (Å²) in [6, 6.07) is 9.20. The number of aliphatic hydroxyl groups is 1. The maximum Gasteiger partial charge on any atom is 0.493 e. The molecule has 1 saturated heterocycles. The lowest BCUT2D eigenvalue weighted by atomic mass is 10.1. The van der Waals surface area contributed by atoms with Crippen molar-refractivity contribution in [1.82, 2.24) is 10.4 Å². The van der Waals surface area contributed by atoms with Crippen molar-refractivity contribution in [2.75, 3.05) is 50.1 Å². The summed E-state index contributed by atoms with van der Waals surface area (Å²) >= 11 is 0. The third-order valence-electron chi connectivity index (χ3n) is 6.31. The van der Waals surface area contributed by atoms with Gasteiger partial charge in [0.2, 0.25) is 0 Å². The summed E-state index contributed by atoms with van der Waals surface area (Å²) in [6.45, 7) is 1.90. The Morgan fingerprint density at radius 2 is 1.87 bits per heavy atom. The van der Waals surface area contributed by atoms with Gasteiger partial charge in [-0.3, -0.25) is 4.79 Å². The number of benzene rings is 2. The molecule has 0 unspecified atom stereocenters. The van der Waals surface area contributed by atoms with Crippen LogP contribution in [0.2, 0.25) is 0 Å². The number of halogens is 4. The lowest BCUT2D eigenvalue weighted by Gasteiger charge is -2.32. The minimum Gasteiger partial charge on any atom is -0.494 e. The highest BCUT2D eigenvalue weighted by molar-refractivity contribution is 6.01. The highest BCUT2D eigenvalue weighted by Crippen LogP contribution is 2.37. The average Bonchev–Trinajstić information content (AvgIpc) is 3.63. The number of amides is 1. The second-order valence-electron chi connectivity index (χ2n) is 9.23. The van der Waals surface area contributed by atoms with Crippen LogP contribution in [0.4, 0.5) is 28.9 Å². The Labute approximate surface area is 216 Å². The van der Waals surface area contributed by atoms with Gasteiger partial charge in [0.15, 0.2) is 11.6 Å². The summed E-state index contributed by atoms with van der Waals surface area (Å²) in [5, 5.41) is 16.9. The van der Waals surface area contributed by atoms with E-state index >= 15 is 0 Å². The van der Waals surface area contributed by atoms with E-state index in [0.717, 1.165) is 0 Å². The van der Waals surface area contributed by atoms with E-state index in [0.29, 0.717) is 43.1 Å². The Morgan fingerprint density at radius 3 is 2.47 bits per heavy atom. The average molecular weight is 541 g/mol. The van der Waals surface area contributed by atoms with Crippen molar-refractivity contribution in [3.63, 3.8) is 0 Å². The molecule has 3 N–H and O–H groups in total. The van der Waals surface area contributed by atoms with Crippen LogP contribution in [0.3, 0.4) is 0 Å². The number of anilines is 2. The van der Waals surface area contributed by atoms with Crippen molar-refractivity contribution in [3.8, 4) is 5.75 Å². The van der Waals surface area contributed by atoms with E-state index < -0.39 is 36.0 Å². The van der Waals surface area contributed by atoms with Gasteiger partial charge in [0.1, 0.15) is 0 Å². The van der Waals surface area contributed by atoms with Crippen molar-refractivity contribution in [2.45, 2.75) is 31.2 Å². The molecule has 1 saturated carbocycles. The van der Waals surface area contributed by atoms with Gasteiger partial charge in [-0.05, 0) is 48.7 Å². The SMILES string of the molecule is COc1ccc(CNc2ccc(N3CCNCC3)c(C(=O)N(CC3(O)CC3)OC(=O)C(F)(F)F)c2)cc1F. The fourth-order valence-electron chi connectivity index (χ4n) is 4.02. The van der Waals surface area contributed by atoms with Crippen molar-refractivity contribution in [3.05, 3.63) is 53.3 Å². The van der Waals surface area contributed by atoms with Gasteiger partial charge in [-0.15, -0.1) is 0 Å². The predicted molar refractivity (Wildman–Crippen MR) is 129 cm³/mol. The largest absolute Gasteiger partial charge is 0.494 e. The van der Waals surface area contributed by atoms with Crippen LogP contribution in [0.15, 0.2) is 36.4 Å². The van der Waals surface area contributed by atoms with Crippen molar-refractivity contribution >= 4 is 23.3 Å². The normalized spacial score (nSPS) is 16.5. The van der Waals surface area contributed by atoms with Crippen molar-refractivity contribution in [2.24, 2.45) is 0 Å². The zero-order valence-electron chi connectivity index (χ0n) is 20.6. The molecular weight excluding hydrogens is 512 g/mol. The molecule has 2 aliphatic rings. The third-order valence-corrected chi connectivity index (χ3v) is 6.31. The molecule has 1 aliphatic carbocycles. The number of rotatable bonds is 8. The second-order valence-corrected chi connectivity index (χ2v) is 9.23. The standard InChI is InChI=1S/C25H28F4N4O5/c1-37-21-5-2-16(12-19(21)26)14-31-17-3-4-20(32-10-8-30-9-11-32)18(13-17)22(34)33(15-24(36)6-7-24)38-23(35)25(27,28)29/h2-5,12-13,30-31,36H,6-11,14-15H2,1H3. The monoisotopic (exact) mass is 540 g/mol. The van der Waals surface area contributed by atoms with Crippen LogP contribution < -0.4 is 20.3 Å². The van der Waals surface area contributed by atoms with Gasteiger partial charge in [-0.2, -0.15) is 18.2 Å². The Morgan fingerprint density at radius 1 is 1.16 bits per heavy atom. The quantitative estimate of drug-likeness (QED) is 0.347. The van der Waals surface area contributed by atoms with Gasteiger partial charge in [-0.1, -0.05) is 6.07 Å². The van der Waals surface area contributed by atoms with Crippen molar-refractivity contribution < 1.29 is 41.8 Å². The topological polar surface area (TPSA) is 103 Å². The number of carbonyl (C=O) groups excluding carboxylic acids is 2. The molecule has 1 aliphatic heterocycles. The molecule has 38 heavy (non-hydrogen) atoms. The maximum absolute atomic E-state index is 14.1. The molecule has 2 fully saturated rings. The first-order valence-corrected chi connectivity index (χ1v) is 12.0. The Hall–Kier alpha value is -3.58. The molecule has 0 atom stereocenters. The van der Waals surface area contributed by atoms with Gasteiger partial charge in [0.25, 0.3) is 5.91 Å². The highest BCUT2D eigenvalue weighted by atomic mass is 19.4. The third kappa shape index (κ3) is 6.64. The molecule has 0 radical (unpaired) electrons. The number of hydroxylamine groups is 2. The van der Waals surface area contributed by atoms with E-state index in [1.54, 1.807) is 18.2 Å². The summed E-state index contributed by atoms with van der Waals surface area (Å²) in [5.74, 6) is -4.02. The number of hydrogen-bond acceptors (Lipinski definition) is 8. The van der Waals surface area contributed by atoms with E-state index in [-0.39, 0.29) is 35.8 Å². The lowest BCUT2D eigenvalue weighted by Crippen LogP contribution is -2.46. The Balaban J connectivity index is 1.62. The molecule has 0 aromatic heterocycles. The molecule has 2 aromatic rings. The molecule has 0 bridgehead atoms. The molecule has 13 heteroatoms. The van der Waals surface area contributed by atoms with E-state index in [1.807, 2.05) is 4.90 Å². The minimum atomic E-state index is -5.33. The molecule has 9 nitrogen and oxygen atoms in total. The molecule has 206 valence electrons. The molecule has 0 spiro atoms. The smallest absolute Gasteiger partial charge is 0.493 e. The van der Waals surface area contributed by atoms with Crippen molar-refractivity contribution in [1.29, 1.82) is 0 Å². The molecule has 4 rings (SSSR count). The fourth-order valence-corrected chi connectivity index (χ4v) is 4.02. The number of carbonyl (C=O) groups is 2. The Bertz CT molecular complexity index is 1180. The number of piperazine rings is 1. The van der Waals surface area contributed by atoms with Gasteiger partial charge < -0.3 is 30.2 Å². The fraction of sp³-hybridized carbons (Fsp3) is 0.440. The first kappa shape index (κ1) is 27.5. The minimum absolute atomic E-state index is 0.0166. The van der Waals surface area contributed by atoms with E-state index in [1.165, 1.54) is 25.3 Å². The van der Waals surface area contributed by atoms with Gasteiger partial charge in [0.05, 0.1) is 24.8 Å². The molecular formula is C25H28F4N4O5. The van der Waals surface area contributed by atoms with Crippen LogP contribution in [0.25, 0.3) is 0 Å². The van der Waals surface area contributed by atoms with E-state index in [2.05, 4.69) is 15.5 Å².